The average molecular weight is 625 g/mol. The zero-order chi connectivity index (χ0) is 32.2. The van der Waals surface area contributed by atoms with E-state index in [9.17, 15) is 14.7 Å². The van der Waals surface area contributed by atoms with Crippen molar-refractivity contribution in [3.8, 4) is 22.7 Å². The summed E-state index contributed by atoms with van der Waals surface area (Å²) in [5.41, 5.74) is 2.82. The fourth-order valence-corrected chi connectivity index (χ4v) is 5.18. The SMILES string of the molecule is CN(C)C(=O)c1ccc(NC(=O)Nc2ccc(-c3nc(N4CCOCC4)c4ccc(-c5ccc(CCO)o5)cc4n3)cc2F)cc1. The number of benzene rings is 3. The fourth-order valence-electron chi connectivity index (χ4n) is 5.18. The number of carbonyl (C=O) groups is 2. The van der Waals surface area contributed by atoms with Crippen LogP contribution >= 0.6 is 0 Å². The van der Waals surface area contributed by atoms with Crippen LogP contribution in [0.25, 0.3) is 33.6 Å². The predicted molar refractivity (Wildman–Crippen MR) is 174 cm³/mol. The van der Waals surface area contributed by atoms with Crippen LogP contribution in [0.2, 0.25) is 0 Å². The number of morpholine rings is 1. The van der Waals surface area contributed by atoms with Crippen molar-refractivity contribution in [2.45, 2.75) is 6.42 Å². The summed E-state index contributed by atoms with van der Waals surface area (Å²) < 4.78 is 26.8. The van der Waals surface area contributed by atoms with Gasteiger partial charge in [0.25, 0.3) is 5.91 Å². The van der Waals surface area contributed by atoms with Crippen LogP contribution in [-0.2, 0) is 11.2 Å². The van der Waals surface area contributed by atoms with E-state index >= 15 is 4.39 Å². The maximum atomic E-state index is 15.4. The molecule has 0 saturated carbocycles. The van der Waals surface area contributed by atoms with E-state index in [0.717, 1.165) is 16.8 Å². The molecule has 0 bridgehead atoms. The number of aromatic nitrogens is 2. The minimum atomic E-state index is -0.656. The highest BCUT2D eigenvalue weighted by molar-refractivity contribution is 6.01. The number of ether oxygens (including phenoxy) is 1. The molecule has 1 fully saturated rings. The topological polar surface area (TPSA) is 133 Å². The van der Waals surface area contributed by atoms with Gasteiger partial charge in [-0.25, -0.2) is 19.2 Å². The summed E-state index contributed by atoms with van der Waals surface area (Å²) in [4.78, 5) is 38.0. The first-order valence-electron chi connectivity index (χ1n) is 14.8. The molecule has 12 heteroatoms. The van der Waals surface area contributed by atoms with E-state index in [4.69, 9.17) is 19.1 Å². The molecule has 0 unspecified atom stereocenters. The quantitative estimate of drug-likeness (QED) is 0.209. The summed E-state index contributed by atoms with van der Waals surface area (Å²) in [6, 6.07) is 19.7. The van der Waals surface area contributed by atoms with Crippen LogP contribution in [0, 0.1) is 5.82 Å². The zero-order valence-electron chi connectivity index (χ0n) is 25.4. The maximum Gasteiger partial charge on any atom is 0.323 e. The molecule has 3 N–H and O–H groups in total. The van der Waals surface area contributed by atoms with Gasteiger partial charge in [-0.2, -0.15) is 0 Å². The zero-order valence-corrected chi connectivity index (χ0v) is 25.4. The molecule has 11 nitrogen and oxygen atoms in total. The monoisotopic (exact) mass is 624 g/mol. The van der Waals surface area contributed by atoms with Gasteiger partial charge in [0.05, 0.1) is 31.0 Å². The molecule has 2 aromatic heterocycles. The molecule has 3 heterocycles. The number of aliphatic hydroxyl groups excluding tert-OH is 1. The fraction of sp³-hybridized carbons (Fsp3) is 0.235. The Morgan fingerprint density at radius 1 is 0.935 bits per heavy atom. The number of hydrogen-bond donors (Lipinski definition) is 3. The van der Waals surface area contributed by atoms with Crippen molar-refractivity contribution >= 4 is 40.0 Å². The Hall–Kier alpha value is -5.33. The number of urea groups is 1. The molecule has 5 aromatic rings. The molecule has 0 aliphatic carbocycles. The molecule has 1 aliphatic rings. The third kappa shape index (κ3) is 6.67. The third-order valence-electron chi connectivity index (χ3n) is 7.56. The number of amides is 3. The van der Waals surface area contributed by atoms with Gasteiger partial charge < -0.3 is 34.7 Å². The lowest BCUT2D eigenvalue weighted by Gasteiger charge is -2.29. The van der Waals surface area contributed by atoms with E-state index in [2.05, 4.69) is 15.5 Å². The Balaban J connectivity index is 1.26. The summed E-state index contributed by atoms with van der Waals surface area (Å²) in [5, 5.41) is 15.3. The molecule has 0 atom stereocenters. The number of nitrogens with one attached hydrogen (secondary N) is 2. The van der Waals surface area contributed by atoms with Crippen LogP contribution in [-0.4, -0.2) is 78.9 Å². The molecule has 6 rings (SSSR count). The second-order valence-corrected chi connectivity index (χ2v) is 11.0. The maximum absolute atomic E-state index is 15.4. The van der Waals surface area contributed by atoms with E-state index < -0.39 is 11.8 Å². The number of hydrogen-bond acceptors (Lipinski definition) is 8. The van der Waals surface area contributed by atoms with E-state index in [0.29, 0.717) is 72.4 Å². The minimum absolute atomic E-state index is 0.00598. The van der Waals surface area contributed by atoms with Crippen LogP contribution < -0.4 is 15.5 Å². The Labute approximate surface area is 264 Å². The molecule has 3 amide bonds. The molecule has 3 aromatic carbocycles. The second-order valence-electron chi connectivity index (χ2n) is 11.0. The van der Waals surface area contributed by atoms with Crippen LogP contribution in [0.5, 0.6) is 0 Å². The Morgan fingerprint density at radius 2 is 1.70 bits per heavy atom. The summed E-state index contributed by atoms with van der Waals surface area (Å²) in [6.45, 7) is 2.42. The summed E-state index contributed by atoms with van der Waals surface area (Å²) in [5.74, 6) is 1.57. The first-order valence-corrected chi connectivity index (χ1v) is 14.8. The van der Waals surface area contributed by atoms with Gasteiger partial charge in [0.15, 0.2) is 5.82 Å². The first kappa shape index (κ1) is 30.7. The largest absolute Gasteiger partial charge is 0.461 e. The average Bonchev–Trinajstić information content (AvgIpc) is 3.54. The van der Waals surface area contributed by atoms with Gasteiger partial charge in [0.1, 0.15) is 23.2 Å². The molecule has 0 radical (unpaired) electrons. The number of fused-ring (bicyclic) bond motifs is 1. The number of anilines is 3. The first-order chi connectivity index (χ1) is 22.3. The molecule has 1 saturated heterocycles. The lowest BCUT2D eigenvalue weighted by molar-refractivity contribution is 0.0827. The van der Waals surface area contributed by atoms with Crippen molar-refractivity contribution in [1.29, 1.82) is 0 Å². The van der Waals surface area contributed by atoms with Crippen molar-refractivity contribution in [2.24, 2.45) is 0 Å². The molecule has 236 valence electrons. The van der Waals surface area contributed by atoms with E-state index in [1.807, 2.05) is 30.3 Å². The normalized spacial score (nSPS) is 13.1. The second kappa shape index (κ2) is 13.3. The minimum Gasteiger partial charge on any atom is -0.461 e. The van der Waals surface area contributed by atoms with Gasteiger partial charge in [-0.1, -0.05) is 6.07 Å². The molecule has 1 aliphatic heterocycles. The van der Waals surface area contributed by atoms with Crippen molar-refractivity contribution in [3.05, 3.63) is 89.9 Å². The van der Waals surface area contributed by atoms with E-state index in [1.165, 1.54) is 17.0 Å². The molecular formula is C34H33FN6O5. The lowest BCUT2D eigenvalue weighted by atomic mass is 10.1. The standard InChI is InChI=1S/C34H33FN6O5/c1-40(2)33(43)21-3-7-24(8-4-21)36-34(44)38-28-11-6-23(19-27(28)35)31-37-29-20-22(30-12-9-25(46-30)13-16-42)5-10-26(29)32(39-31)41-14-17-45-18-15-41/h3-12,19-20,42H,13-18H2,1-2H3,(H2,36,38,44). The van der Waals surface area contributed by atoms with Gasteiger partial charge in [0.2, 0.25) is 0 Å². The van der Waals surface area contributed by atoms with Crippen LogP contribution in [0.15, 0.2) is 77.2 Å². The number of rotatable bonds is 8. The van der Waals surface area contributed by atoms with E-state index in [-0.39, 0.29) is 18.2 Å². The van der Waals surface area contributed by atoms with Gasteiger partial charge in [0, 0.05) is 61.4 Å². The molecule has 0 spiro atoms. The molecule has 46 heavy (non-hydrogen) atoms. The van der Waals surface area contributed by atoms with Gasteiger partial charge >= 0.3 is 6.03 Å². The Bertz CT molecular complexity index is 1890. The smallest absolute Gasteiger partial charge is 0.323 e. The van der Waals surface area contributed by atoms with Crippen LogP contribution in [0.1, 0.15) is 16.1 Å². The Kier molecular flexibility index (Phi) is 8.90. The van der Waals surface area contributed by atoms with Crippen molar-refractivity contribution in [3.63, 3.8) is 0 Å². The lowest BCUT2D eigenvalue weighted by Crippen LogP contribution is -2.37. The highest BCUT2D eigenvalue weighted by atomic mass is 19.1. The third-order valence-corrected chi connectivity index (χ3v) is 7.56. The highest BCUT2D eigenvalue weighted by Gasteiger charge is 2.20. The number of nitrogens with zero attached hydrogens (tertiary/aromatic N) is 4. The number of carbonyl (C=O) groups excluding carboxylic acids is 2. The van der Waals surface area contributed by atoms with Gasteiger partial charge in [-0.05, 0) is 66.7 Å². The summed E-state index contributed by atoms with van der Waals surface area (Å²) in [6.07, 6.45) is 0.422. The number of halogens is 1. The van der Waals surface area contributed by atoms with E-state index in [1.54, 1.807) is 44.4 Å². The van der Waals surface area contributed by atoms with Crippen LogP contribution in [0.4, 0.5) is 26.4 Å². The van der Waals surface area contributed by atoms with Crippen LogP contribution in [0.3, 0.4) is 0 Å². The van der Waals surface area contributed by atoms with Crippen molar-refractivity contribution in [2.75, 3.05) is 62.5 Å². The predicted octanol–water partition coefficient (Wildman–Crippen LogP) is 5.41. The highest BCUT2D eigenvalue weighted by Crippen LogP contribution is 2.33. The summed E-state index contributed by atoms with van der Waals surface area (Å²) >= 11 is 0. The van der Waals surface area contributed by atoms with Gasteiger partial charge in [-0.3, -0.25) is 4.79 Å². The Morgan fingerprint density at radius 3 is 2.41 bits per heavy atom. The number of aliphatic hydroxyl groups is 1. The molecular weight excluding hydrogens is 591 g/mol. The van der Waals surface area contributed by atoms with Crippen molar-refractivity contribution in [1.82, 2.24) is 14.9 Å². The summed E-state index contributed by atoms with van der Waals surface area (Å²) in [7, 11) is 3.32. The number of furan rings is 1. The van der Waals surface area contributed by atoms with Crippen molar-refractivity contribution < 1.29 is 28.2 Å². The van der Waals surface area contributed by atoms with Gasteiger partial charge in [-0.15, -0.1) is 0 Å².